The Bertz CT molecular complexity index is 573. The molecule has 0 unspecified atom stereocenters. The van der Waals surface area contributed by atoms with Crippen LogP contribution in [0.15, 0.2) is 24.3 Å². The highest BCUT2D eigenvalue weighted by Crippen LogP contribution is 2.30. The number of carbonyl (C=O) groups excluding carboxylic acids is 1. The molecule has 1 amide bonds. The fourth-order valence-corrected chi connectivity index (χ4v) is 1.90. The maximum Gasteiger partial charge on any atom is 0.249 e. The first-order valence-corrected chi connectivity index (χ1v) is 5.05. The standard InChI is InChI=1S/C11H10N4O/c1-7(16)12-11-13-10-9-5-3-2-4-8(9)6-15(10)14-11/h2-5H,6H2,1H3,(H,12,14,16). The molecule has 5 heteroatoms. The number of hydrogen-bond acceptors (Lipinski definition) is 3. The average molecular weight is 214 g/mol. The van der Waals surface area contributed by atoms with Crippen molar-refractivity contribution >= 4 is 11.9 Å². The van der Waals surface area contributed by atoms with Crippen LogP contribution in [0.1, 0.15) is 12.5 Å². The molecule has 80 valence electrons. The third-order valence-corrected chi connectivity index (χ3v) is 2.54. The summed E-state index contributed by atoms with van der Waals surface area (Å²) < 4.78 is 1.80. The highest BCUT2D eigenvalue weighted by atomic mass is 16.1. The molecule has 0 fully saturated rings. The number of fused-ring (bicyclic) bond motifs is 3. The normalized spacial score (nSPS) is 12.1. The smallest absolute Gasteiger partial charge is 0.249 e. The number of amides is 1. The summed E-state index contributed by atoms with van der Waals surface area (Å²) in [5, 5.41) is 6.80. The molecule has 1 aliphatic heterocycles. The van der Waals surface area contributed by atoms with Gasteiger partial charge in [0.2, 0.25) is 11.9 Å². The van der Waals surface area contributed by atoms with Crippen LogP contribution < -0.4 is 5.32 Å². The minimum Gasteiger partial charge on any atom is -0.293 e. The van der Waals surface area contributed by atoms with E-state index in [2.05, 4.69) is 21.5 Å². The molecule has 0 bridgehead atoms. The van der Waals surface area contributed by atoms with Crippen molar-refractivity contribution in [3.8, 4) is 11.4 Å². The van der Waals surface area contributed by atoms with Crippen LogP contribution in [0.2, 0.25) is 0 Å². The quantitative estimate of drug-likeness (QED) is 0.663. The summed E-state index contributed by atoms with van der Waals surface area (Å²) in [4.78, 5) is 15.2. The number of aromatic nitrogens is 3. The van der Waals surface area contributed by atoms with Crippen LogP contribution in [-0.2, 0) is 11.3 Å². The summed E-state index contributed by atoms with van der Waals surface area (Å²) >= 11 is 0. The zero-order valence-electron chi connectivity index (χ0n) is 8.77. The molecule has 3 rings (SSSR count). The maximum atomic E-state index is 10.9. The molecule has 0 atom stereocenters. The largest absolute Gasteiger partial charge is 0.293 e. The molecule has 0 saturated carbocycles. The Hall–Kier alpha value is -2.17. The summed E-state index contributed by atoms with van der Waals surface area (Å²) in [6.45, 7) is 2.16. The van der Waals surface area contributed by atoms with Gasteiger partial charge in [0.15, 0.2) is 5.82 Å². The second-order valence-corrected chi connectivity index (χ2v) is 3.75. The Kier molecular flexibility index (Phi) is 1.80. The number of benzene rings is 1. The van der Waals surface area contributed by atoms with Crippen LogP contribution in [-0.4, -0.2) is 20.7 Å². The lowest BCUT2D eigenvalue weighted by Crippen LogP contribution is -2.08. The SMILES string of the molecule is CC(=O)Nc1nc2n(n1)Cc1ccccc1-2. The number of rotatable bonds is 1. The zero-order valence-corrected chi connectivity index (χ0v) is 8.77. The van der Waals surface area contributed by atoms with Gasteiger partial charge in [0.25, 0.3) is 0 Å². The van der Waals surface area contributed by atoms with Crippen molar-refractivity contribution in [2.45, 2.75) is 13.5 Å². The average Bonchev–Trinajstić information content (AvgIpc) is 2.73. The predicted octanol–water partition coefficient (Wildman–Crippen LogP) is 1.27. The lowest BCUT2D eigenvalue weighted by atomic mass is 10.1. The lowest BCUT2D eigenvalue weighted by molar-refractivity contribution is -0.114. The fraction of sp³-hybridized carbons (Fsp3) is 0.182. The number of nitrogens with zero attached hydrogens (tertiary/aromatic N) is 3. The van der Waals surface area contributed by atoms with E-state index in [0.29, 0.717) is 5.95 Å². The van der Waals surface area contributed by atoms with Gasteiger partial charge >= 0.3 is 0 Å². The summed E-state index contributed by atoms with van der Waals surface area (Å²) in [6.07, 6.45) is 0. The summed E-state index contributed by atoms with van der Waals surface area (Å²) in [7, 11) is 0. The molecule has 1 N–H and O–H groups in total. The van der Waals surface area contributed by atoms with Gasteiger partial charge in [0.1, 0.15) is 0 Å². The van der Waals surface area contributed by atoms with E-state index in [1.807, 2.05) is 18.2 Å². The first-order valence-electron chi connectivity index (χ1n) is 5.05. The Morgan fingerprint density at radius 2 is 2.25 bits per heavy atom. The van der Waals surface area contributed by atoms with Gasteiger partial charge in [-0.1, -0.05) is 24.3 Å². The number of anilines is 1. The monoisotopic (exact) mass is 214 g/mol. The maximum absolute atomic E-state index is 10.9. The molecule has 2 heterocycles. The molecule has 0 saturated heterocycles. The second-order valence-electron chi connectivity index (χ2n) is 3.75. The highest BCUT2D eigenvalue weighted by Gasteiger charge is 2.21. The Balaban J connectivity index is 2.04. The molecule has 1 aromatic heterocycles. The molecule has 5 nitrogen and oxygen atoms in total. The van der Waals surface area contributed by atoms with E-state index >= 15 is 0 Å². The van der Waals surface area contributed by atoms with Gasteiger partial charge in [-0.15, -0.1) is 5.10 Å². The van der Waals surface area contributed by atoms with E-state index in [9.17, 15) is 4.79 Å². The van der Waals surface area contributed by atoms with Crippen molar-refractivity contribution in [3.05, 3.63) is 29.8 Å². The molecule has 2 aromatic rings. The van der Waals surface area contributed by atoms with Gasteiger partial charge in [0, 0.05) is 12.5 Å². The van der Waals surface area contributed by atoms with Crippen LogP contribution in [0, 0.1) is 0 Å². The second kappa shape index (κ2) is 3.16. The Labute approximate surface area is 92.1 Å². The molecular formula is C11H10N4O. The van der Waals surface area contributed by atoms with Gasteiger partial charge in [-0.25, -0.2) is 4.68 Å². The van der Waals surface area contributed by atoms with Crippen LogP contribution in [0.3, 0.4) is 0 Å². The number of carbonyl (C=O) groups is 1. The molecule has 0 spiro atoms. The van der Waals surface area contributed by atoms with E-state index in [1.165, 1.54) is 12.5 Å². The van der Waals surface area contributed by atoms with Crippen LogP contribution >= 0.6 is 0 Å². The van der Waals surface area contributed by atoms with Crippen molar-refractivity contribution in [2.75, 3.05) is 5.32 Å². The third kappa shape index (κ3) is 1.29. The molecule has 1 aliphatic rings. The Morgan fingerprint density at radius 3 is 3.06 bits per heavy atom. The van der Waals surface area contributed by atoms with Gasteiger partial charge in [-0.2, -0.15) is 4.98 Å². The van der Waals surface area contributed by atoms with Crippen LogP contribution in [0.25, 0.3) is 11.4 Å². The topological polar surface area (TPSA) is 59.8 Å². The van der Waals surface area contributed by atoms with E-state index < -0.39 is 0 Å². The molecular weight excluding hydrogens is 204 g/mol. The van der Waals surface area contributed by atoms with E-state index in [-0.39, 0.29) is 5.91 Å². The molecule has 1 aromatic carbocycles. The highest BCUT2D eigenvalue weighted by molar-refractivity contribution is 5.87. The Morgan fingerprint density at radius 1 is 1.44 bits per heavy atom. The first-order chi connectivity index (χ1) is 7.74. The summed E-state index contributed by atoms with van der Waals surface area (Å²) in [5.41, 5.74) is 2.30. The van der Waals surface area contributed by atoms with E-state index in [1.54, 1.807) is 4.68 Å². The van der Waals surface area contributed by atoms with Crippen molar-refractivity contribution in [1.82, 2.24) is 14.8 Å². The van der Waals surface area contributed by atoms with E-state index in [4.69, 9.17) is 0 Å². The van der Waals surface area contributed by atoms with Crippen molar-refractivity contribution in [1.29, 1.82) is 0 Å². The summed E-state index contributed by atoms with van der Waals surface area (Å²) in [6, 6.07) is 8.05. The molecule has 0 aliphatic carbocycles. The number of hydrogen-bond donors (Lipinski definition) is 1. The van der Waals surface area contributed by atoms with Gasteiger partial charge in [-0.3, -0.25) is 10.1 Å². The van der Waals surface area contributed by atoms with E-state index in [0.717, 1.165) is 17.9 Å². The number of nitrogens with one attached hydrogen (secondary N) is 1. The molecule has 0 radical (unpaired) electrons. The summed E-state index contributed by atoms with van der Waals surface area (Å²) in [5.74, 6) is 1.04. The third-order valence-electron chi connectivity index (χ3n) is 2.54. The van der Waals surface area contributed by atoms with Gasteiger partial charge in [0.05, 0.1) is 6.54 Å². The van der Waals surface area contributed by atoms with Crippen LogP contribution in [0.5, 0.6) is 0 Å². The first kappa shape index (κ1) is 9.08. The van der Waals surface area contributed by atoms with Crippen molar-refractivity contribution < 1.29 is 4.79 Å². The minimum absolute atomic E-state index is 0.155. The van der Waals surface area contributed by atoms with Crippen molar-refractivity contribution in [3.63, 3.8) is 0 Å². The van der Waals surface area contributed by atoms with Gasteiger partial charge < -0.3 is 0 Å². The zero-order chi connectivity index (χ0) is 11.1. The fourth-order valence-electron chi connectivity index (χ4n) is 1.90. The van der Waals surface area contributed by atoms with Crippen LogP contribution in [0.4, 0.5) is 5.95 Å². The predicted molar refractivity (Wildman–Crippen MR) is 58.9 cm³/mol. The van der Waals surface area contributed by atoms with Crippen molar-refractivity contribution in [2.24, 2.45) is 0 Å². The van der Waals surface area contributed by atoms with Gasteiger partial charge in [-0.05, 0) is 5.56 Å². The lowest BCUT2D eigenvalue weighted by Gasteiger charge is -1.96. The minimum atomic E-state index is -0.155. The molecule has 16 heavy (non-hydrogen) atoms.